The molecule has 0 aliphatic heterocycles. The van der Waals surface area contributed by atoms with Gasteiger partial charge in [0.1, 0.15) is 11.3 Å². The number of hydrogen-bond acceptors (Lipinski definition) is 1. The normalized spacial score (nSPS) is 19.4. The van der Waals surface area contributed by atoms with Crippen molar-refractivity contribution >= 4 is 32.5 Å². The van der Waals surface area contributed by atoms with Crippen LogP contribution in [0.5, 0.6) is 0 Å². The second-order valence-electron chi connectivity index (χ2n) is 9.99. The molecule has 0 bridgehead atoms. The molecule has 0 fully saturated rings. The van der Waals surface area contributed by atoms with Crippen LogP contribution in [0.25, 0.3) is 88.3 Å². The van der Waals surface area contributed by atoms with Gasteiger partial charge in [0.25, 0.3) is 0 Å². The van der Waals surface area contributed by atoms with E-state index in [2.05, 4.69) is 0 Å². The van der Waals surface area contributed by atoms with Crippen LogP contribution in [-0.4, -0.2) is 0 Å². The van der Waals surface area contributed by atoms with Crippen LogP contribution in [0, 0.1) is 0 Å². The molecule has 0 aliphatic carbocycles. The molecule has 0 atom stereocenters. The summed E-state index contributed by atoms with van der Waals surface area (Å²) in [6.07, 6.45) is 0. The Morgan fingerprint density at radius 3 is 1.36 bits per heavy atom. The Bertz CT molecular complexity index is 3900. The minimum atomic E-state index is -1.02. The predicted molar refractivity (Wildman–Crippen MR) is 198 cm³/mol. The van der Waals surface area contributed by atoms with Crippen molar-refractivity contribution in [2.75, 3.05) is 0 Å². The summed E-state index contributed by atoms with van der Waals surface area (Å²) in [6.45, 7) is 0. The molecule has 0 N–H and O–H groups in total. The van der Waals surface area contributed by atoms with Gasteiger partial charge in [-0.3, -0.25) is 0 Å². The maximum Gasteiger partial charge on any atom is 0.143 e. The van der Waals surface area contributed by atoms with E-state index in [1.165, 1.54) is 18.2 Å². The largest absolute Gasteiger partial charge is 0.455 e. The minimum absolute atomic E-state index is 0.256. The zero-order chi connectivity index (χ0) is 54.7. The molecule has 1 nitrogen and oxygen atoms in total. The van der Waals surface area contributed by atoms with Crippen LogP contribution in [0.1, 0.15) is 37.0 Å². The third kappa shape index (κ3) is 4.56. The molecule has 0 saturated carbocycles. The summed E-state index contributed by atoms with van der Waals surface area (Å²) in [5, 5.41) is -2.90. The van der Waals surface area contributed by atoms with Crippen molar-refractivity contribution in [3.8, 4) is 55.8 Å². The Balaban J connectivity index is 1.63. The highest BCUT2D eigenvalue weighted by Crippen LogP contribution is 2.50. The van der Waals surface area contributed by atoms with Gasteiger partial charge in [0, 0.05) is 27.6 Å². The molecular formula is C46H30O. The van der Waals surface area contributed by atoms with Crippen molar-refractivity contribution in [1.29, 1.82) is 0 Å². The molecule has 0 aliphatic rings. The molecule has 0 amide bonds. The number of para-hydroxylation sites is 1. The molecule has 0 spiro atoms. The van der Waals surface area contributed by atoms with Crippen molar-refractivity contribution in [1.82, 2.24) is 0 Å². The zero-order valence-electron chi connectivity index (χ0n) is 50.6. The van der Waals surface area contributed by atoms with Crippen LogP contribution in [0.15, 0.2) is 186 Å². The Morgan fingerprint density at radius 2 is 0.787 bits per heavy atom. The predicted octanol–water partition coefficient (Wildman–Crippen LogP) is 13.1. The fourth-order valence-electron chi connectivity index (χ4n) is 5.55. The second kappa shape index (κ2) is 11.3. The van der Waals surface area contributed by atoms with Crippen molar-refractivity contribution in [2.24, 2.45) is 0 Å². The topological polar surface area (TPSA) is 13.1 Å². The van der Waals surface area contributed by atoms with Crippen LogP contribution in [0.2, 0.25) is 0 Å². The van der Waals surface area contributed by atoms with Gasteiger partial charge in [0.05, 0.1) is 37.0 Å². The van der Waals surface area contributed by atoms with Gasteiger partial charge in [-0.25, -0.2) is 0 Å². The Labute approximate surface area is 311 Å². The lowest BCUT2D eigenvalue weighted by Gasteiger charge is -2.18. The van der Waals surface area contributed by atoms with Crippen LogP contribution < -0.4 is 0 Å². The van der Waals surface area contributed by atoms with Crippen molar-refractivity contribution in [2.45, 2.75) is 0 Å². The van der Waals surface area contributed by atoms with Crippen LogP contribution >= 0.6 is 0 Å². The first-order valence-corrected chi connectivity index (χ1v) is 13.9. The van der Waals surface area contributed by atoms with Gasteiger partial charge >= 0.3 is 0 Å². The molecular weight excluding hydrogens is 569 g/mol. The number of benzene rings is 8. The number of furan rings is 1. The first-order valence-electron chi connectivity index (χ1n) is 27.4. The van der Waals surface area contributed by atoms with Crippen molar-refractivity contribution in [3.63, 3.8) is 0 Å². The van der Waals surface area contributed by atoms with E-state index in [1.54, 1.807) is 0 Å². The van der Waals surface area contributed by atoms with E-state index >= 15 is 0 Å². The minimum Gasteiger partial charge on any atom is -0.455 e. The molecule has 9 aromatic rings. The third-order valence-electron chi connectivity index (χ3n) is 7.46. The van der Waals surface area contributed by atoms with Crippen LogP contribution in [0.4, 0.5) is 0 Å². The zero-order valence-corrected chi connectivity index (χ0v) is 23.6. The van der Waals surface area contributed by atoms with Crippen LogP contribution in [-0.2, 0) is 0 Å². The summed E-state index contributed by atoms with van der Waals surface area (Å²) in [5.74, 6) is -0.762. The highest BCUT2D eigenvalue weighted by Gasteiger charge is 2.25. The van der Waals surface area contributed by atoms with E-state index in [0.29, 0.717) is 0 Å². The van der Waals surface area contributed by atoms with Crippen LogP contribution in [0.3, 0.4) is 0 Å². The molecule has 0 saturated heterocycles. The van der Waals surface area contributed by atoms with Gasteiger partial charge in [-0.15, -0.1) is 0 Å². The maximum atomic E-state index is 9.56. The van der Waals surface area contributed by atoms with E-state index in [4.69, 9.17) is 30.5 Å². The van der Waals surface area contributed by atoms with Gasteiger partial charge in [-0.1, -0.05) is 181 Å². The van der Waals surface area contributed by atoms with Gasteiger partial charge < -0.3 is 4.42 Å². The molecule has 1 heterocycles. The van der Waals surface area contributed by atoms with E-state index in [0.717, 1.165) is 0 Å². The first-order chi connectivity index (χ1) is 34.6. The number of fused-ring (bicyclic) bond motifs is 3. The van der Waals surface area contributed by atoms with Gasteiger partial charge in [0.2, 0.25) is 0 Å². The average molecular weight is 626 g/mol. The summed E-state index contributed by atoms with van der Waals surface area (Å²) in [7, 11) is 0. The smallest absolute Gasteiger partial charge is 0.143 e. The summed E-state index contributed by atoms with van der Waals surface area (Å²) < 4.78 is 246. The molecule has 1 heteroatoms. The lowest BCUT2D eigenvalue weighted by molar-refractivity contribution is 0.633. The van der Waals surface area contributed by atoms with Crippen molar-refractivity contribution < 1.29 is 41.4 Å². The van der Waals surface area contributed by atoms with Gasteiger partial charge in [-0.05, 0) is 49.4 Å². The summed E-state index contributed by atoms with van der Waals surface area (Å²) in [5.41, 5.74) is -5.97. The Morgan fingerprint density at radius 1 is 0.340 bits per heavy atom. The molecule has 47 heavy (non-hydrogen) atoms. The van der Waals surface area contributed by atoms with E-state index in [1.807, 2.05) is 0 Å². The monoisotopic (exact) mass is 625 g/mol. The Hall–Kier alpha value is -6.18. The molecule has 220 valence electrons. The first kappa shape index (κ1) is 11.3. The fraction of sp³-hybridized carbons (Fsp3) is 0. The van der Waals surface area contributed by atoms with E-state index in [9.17, 15) is 11.0 Å². The third-order valence-corrected chi connectivity index (χ3v) is 7.46. The second-order valence-corrected chi connectivity index (χ2v) is 9.99. The Kier molecular flexibility index (Phi) is 2.71. The summed E-state index contributed by atoms with van der Waals surface area (Å²) >= 11 is 0. The highest BCUT2D eigenvalue weighted by atomic mass is 16.3. The maximum absolute atomic E-state index is 9.56. The van der Waals surface area contributed by atoms with E-state index < -0.39 is 241 Å². The lowest BCUT2D eigenvalue weighted by atomic mass is 9.84. The van der Waals surface area contributed by atoms with Gasteiger partial charge in [-0.2, -0.15) is 0 Å². The summed E-state index contributed by atoms with van der Waals surface area (Å²) in [4.78, 5) is 0. The quantitative estimate of drug-likeness (QED) is 0.173. The standard InChI is InChI=1S/C46H30O/c1-4-15-31(16-5-1)32-27-29-35(30-28-32)45-44(41-26-14-25-36(46(41)47-45)33-17-6-2-7-18-33)43-39-23-12-10-21-37(39)42(34-19-8-3-9-20-34)38-22-11-13-24-40(38)43/h1-30H/i1D,2D,3D,4D,5D,6D,7D,8D,9D,10D,11D,12D,13D,15D,16D,17D,18D,19D,20D,21D,22D,23D,24D,27D,28D,29D,30D. The van der Waals surface area contributed by atoms with E-state index in [-0.39, 0.29) is 10.9 Å². The van der Waals surface area contributed by atoms with Crippen molar-refractivity contribution in [3.05, 3.63) is 181 Å². The molecule has 0 unspecified atom stereocenters. The molecule has 1 aromatic heterocycles. The van der Waals surface area contributed by atoms with Gasteiger partial charge in [0.15, 0.2) is 0 Å². The molecule has 9 rings (SSSR count). The molecule has 8 aromatic carbocycles. The lowest BCUT2D eigenvalue weighted by Crippen LogP contribution is -1.91. The number of rotatable bonds is 5. The fourth-order valence-corrected chi connectivity index (χ4v) is 5.55. The highest BCUT2D eigenvalue weighted by molar-refractivity contribution is 6.25. The summed E-state index contributed by atoms with van der Waals surface area (Å²) in [6, 6.07) is -20.6. The average Bonchev–Trinajstić information content (AvgIpc) is 3.76. The SMILES string of the molecule is [2H]c1c([2H])c([2H])c(-c2c([2H])c([2H])c(-c3oc4c(-c5c([2H])c([2H])c([2H])c([2H])c5[2H])cccc4c3-c3c4c([2H])c([2H])c([2H])c([2H])c4c(-c4c([2H])c([2H])c([2H])c([2H])c4[2H])c4c([2H])c([2H])c([2H])c([2H])c34)c([2H])c2[2H])c([2H])c1[2H]. The molecule has 0 radical (unpaired) electrons. The number of hydrogen-bond donors (Lipinski definition) is 0.